The van der Waals surface area contributed by atoms with Gasteiger partial charge in [0.1, 0.15) is 0 Å². The van der Waals surface area contributed by atoms with Crippen LogP contribution in [0.4, 0.5) is 0 Å². The third-order valence-corrected chi connectivity index (χ3v) is 3.76. The van der Waals surface area contributed by atoms with E-state index >= 15 is 0 Å². The van der Waals surface area contributed by atoms with E-state index in [1.165, 1.54) is 13.2 Å². The number of hydrogen-bond acceptors (Lipinski definition) is 3. The number of para-hydroxylation sites is 1. The Kier molecular flexibility index (Phi) is 3.69. The summed E-state index contributed by atoms with van der Waals surface area (Å²) >= 11 is 6.18. The first kappa shape index (κ1) is 14.4. The molecule has 0 bridgehead atoms. The lowest BCUT2D eigenvalue weighted by Gasteiger charge is -2.09. The van der Waals surface area contributed by atoms with Crippen LogP contribution in [0.15, 0.2) is 53.3 Å². The zero-order chi connectivity index (χ0) is 15.7. The zero-order valence-electron chi connectivity index (χ0n) is 11.7. The van der Waals surface area contributed by atoms with Crippen molar-refractivity contribution in [2.24, 2.45) is 0 Å². The molecule has 1 aromatic heterocycles. The first-order valence-corrected chi connectivity index (χ1v) is 6.99. The van der Waals surface area contributed by atoms with Crippen molar-refractivity contribution in [1.82, 2.24) is 4.98 Å². The highest BCUT2D eigenvalue weighted by Gasteiger charge is 2.14. The number of rotatable bonds is 2. The maximum Gasteiger partial charge on any atom is 0.339 e. The van der Waals surface area contributed by atoms with E-state index in [9.17, 15) is 9.59 Å². The summed E-state index contributed by atoms with van der Waals surface area (Å²) in [4.78, 5) is 27.3. The van der Waals surface area contributed by atoms with Gasteiger partial charge >= 0.3 is 5.97 Å². The molecule has 22 heavy (non-hydrogen) atoms. The van der Waals surface area contributed by atoms with E-state index in [0.717, 1.165) is 0 Å². The molecule has 2 aromatic carbocycles. The number of carbonyl (C=O) groups excluding carboxylic acids is 1. The van der Waals surface area contributed by atoms with Crippen LogP contribution < -0.4 is 5.43 Å². The second kappa shape index (κ2) is 5.66. The molecule has 0 aliphatic rings. The molecule has 0 amide bonds. The Hall–Kier alpha value is -2.59. The quantitative estimate of drug-likeness (QED) is 0.735. The Bertz CT molecular complexity index is 931. The molecule has 3 aromatic rings. The first-order valence-electron chi connectivity index (χ1n) is 6.61. The number of esters is 1. The fraction of sp³-hybridized carbons (Fsp3) is 0.0588. The van der Waals surface area contributed by atoms with Crippen LogP contribution in [0.2, 0.25) is 5.02 Å². The average Bonchev–Trinajstić information content (AvgIpc) is 2.54. The number of H-pyrrole nitrogens is 1. The van der Waals surface area contributed by atoms with Gasteiger partial charge in [-0.2, -0.15) is 0 Å². The predicted molar refractivity (Wildman–Crippen MR) is 86.4 cm³/mol. The normalized spacial score (nSPS) is 10.6. The Labute approximate surface area is 131 Å². The fourth-order valence-corrected chi connectivity index (χ4v) is 2.61. The highest BCUT2D eigenvalue weighted by atomic mass is 35.5. The van der Waals surface area contributed by atoms with E-state index < -0.39 is 5.97 Å². The average molecular weight is 314 g/mol. The monoisotopic (exact) mass is 313 g/mol. The van der Waals surface area contributed by atoms with Crippen LogP contribution >= 0.6 is 11.6 Å². The van der Waals surface area contributed by atoms with Crippen LogP contribution in [0.1, 0.15) is 10.4 Å². The topological polar surface area (TPSA) is 59.2 Å². The number of nitrogens with one attached hydrogen (secondary N) is 1. The second-order valence-electron chi connectivity index (χ2n) is 4.75. The van der Waals surface area contributed by atoms with Gasteiger partial charge in [0, 0.05) is 22.0 Å². The van der Waals surface area contributed by atoms with Crippen LogP contribution in [-0.4, -0.2) is 18.1 Å². The molecule has 0 saturated heterocycles. The summed E-state index contributed by atoms with van der Waals surface area (Å²) in [6.45, 7) is 0. The van der Waals surface area contributed by atoms with E-state index in [1.807, 2.05) is 12.1 Å². The minimum atomic E-state index is -0.502. The van der Waals surface area contributed by atoms with Crippen molar-refractivity contribution in [2.45, 2.75) is 0 Å². The summed E-state index contributed by atoms with van der Waals surface area (Å²) in [7, 11) is 1.30. The van der Waals surface area contributed by atoms with Gasteiger partial charge in [-0.25, -0.2) is 4.79 Å². The second-order valence-corrected chi connectivity index (χ2v) is 5.15. The lowest BCUT2D eigenvalue weighted by molar-refractivity contribution is 0.0603. The van der Waals surface area contributed by atoms with Gasteiger partial charge < -0.3 is 9.72 Å². The molecule has 110 valence electrons. The van der Waals surface area contributed by atoms with Gasteiger partial charge in [-0.3, -0.25) is 4.79 Å². The smallest absolute Gasteiger partial charge is 0.339 e. The Balaban J connectivity index is 2.34. The summed E-state index contributed by atoms with van der Waals surface area (Å²) in [5, 5.41) is 0.951. The molecule has 0 unspecified atom stereocenters. The van der Waals surface area contributed by atoms with Gasteiger partial charge in [-0.05, 0) is 18.2 Å². The standard InChI is InChI=1S/C17H12ClNO3/c1-22-17(21)12-7-4-6-11-15(20)9-14(19-16(11)12)10-5-2-3-8-13(10)18/h2-9H,1H3,(H,19,20). The van der Waals surface area contributed by atoms with Crippen molar-refractivity contribution in [1.29, 1.82) is 0 Å². The Morgan fingerprint density at radius 2 is 1.91 bits per heavy atom. The van der Waals surface area contributed by atoms with Crippen LogP contribution in [0.5, 0.6) is 0 Å². The van der Waals surface area contributed by atoms with Crippen LogP contribution in [0, 0.1) is 0 Å². The summed E-state index contributed by atoms with van der Waals surface area (Å²) in [5.41, 5.74) is 1.82. The summed E-state index contributed by atoms with van der Waals surface area (Å²) < 4.78 is 4.77. The molecule has 0 fully saturated rings. The maximum atomic E-state index is 12.3. The number of fused-ring (bicyclic) bond motifs is 1. The molecule has 0 aliphatic carbocycles. The minimum Gasteiger partial charge on any atom is -0.465 e. The fourth-order valence-electron chi connectivity index (χ4n) is 2.38. The number of halogens is 1. The lowest BCUT2D eigenvalue weighted by Crippen LogP contribution is -2.09. The molecule has 1 heterocycles. The van der Waals surface area contributed by atoms with E-state index in [-0.39, 0.29) is 5.43 Å². The molecule has 0 saturated carbocycles. The van der Waals surface area contributed by atoms with Crippen molar-refractivity contribution >= 4 is 28.5 Å². The molecule has 0 radical (unpaired) electrons. The van der Waals surface area contributed by atoms with Crippen molar-refractivity contribution in [2.75, 3.05) is 7.11 Å². The largest absolute Gasteiger partial charge is 0.465 e. The van der Waals surface area contributed by atoms with Crippen LogP contribution in [-0.2, 0) is 4.74 Å². The number of carbonyl (C=O) groups is 1. The number of hydrogen-bond donors (Lipinski definition) is 1. The molecule has 0 atom stereocenters. The summed E-state index contributed by atoms with van der Waals surface area (Å²) in [5.74, 6) is -0.502. The summed E-state index contributed by atoms with van der Waals surface area (Å²) in [6.07, 6.45) is 0. The Morgan fingerprint density at radius 1 is 1.14 bits per heavy atom. The number of pyridine rings is 1. The van der Waals surface area contributed by atoms with E-state index in [1.54, 1.807) is 30.3 Å². The van der Waals surface area contributed by atoms with Gasteiger partial charge in [0.05, 0.1) is 23.9 Å². The van der Waals surface area contributed by atoms with Crippen LogP contribution in [0.25, 0.3) is 22.2 Å². The molecular formula is C17H12ClNO3. The molecule has 5 heteroatoms. The number of methoxy groups -OCH3 is 1. The van der Waals surface area contributed by atoms with Gasteiger partial charge in [0.15, 0.2) is 5.43 Å². The third-order valence-electron chi connectivity index (χ3n) is 3.43. The molecule has 1 N–H and O–H groups in total. The molecule has 0 spiro atoms. The van der Waals surface area contributed by atoms with Crippen LogP contribution in [0.3, 0.4) is 0 Å². The highest BCUT2D eigenvalue weighted by Crippen LogP contribution is 2.27. The number of benzene rings is 2. The SMILES string of the molecule is COC(=O)c1cccc2c(=O)cc(-c3ccccc3Cl)[nH]c12. The number of ether oxygens (including phenoxy) is 1. The van der Waals surface area contributed by atoms with Crippen molar-refractivity contribution < 1.29 is 9.53 Å². The number of aromatic amines is 1. The van der Waals surface area contributed by atoms with Crippen molar-refractivity contribution in [3.05, 3.63) is 69.3 Å². The van der Waals surface area contributed by atoms with Gasteiger partial charge in [0.2, 0.25) is 0 Å². The minimum absolute atomic E-state index is 0.186. The molecule has 0 aliphatic heterocycles. The highest BCUT2D eigenvalue weighted by molar-refractivity contribution is 6.33. The van der Waals surface area contributed by atoms with E-state index in [4.69, 9.17) is 16.3 Å². The van der Waals surface area contributed by atoms with Crippen molar-refractivity contribution in [3.8, 4) is 11.3 Å². The van der Waals surface area contributed by atoms with Gasteiger partial charge in [-0.15, -0.1) is 0 Å². The zero-order valence-corrected chi connectivity index (χ0v) is 12.5. The van der Waals surface area contributed by atoms with E-state index in [2.05, 4.69) is 4.98 Å². The first-order chi connectivity index (χ1) is 10.6. The molecular weight excluding hydrogens is 302 g/mol. The molecule has 4 nitrogen and oxygen atoms in total. The third kappa shape index (κ3) is 2.38. The van der Waals surface area contributed by atoms with Gasteiger partial charge in [-0.1, -0.05) is 35.9 Å². The maximum absolute atomic E-state index is 12.3. The summed E-state index contributed by atoms with van der Waals surface area (Å²) in [6, 6.07) is 13.6. The molecule has 3 rings (SSSR count). The van der Waals surface area contributed by atoms with Gasteiger partial charge in [0.25, 0.3) is 0 Å². The van der Waals surface area contributed by atoms with E-state index in [0.29, 0.717) is 32.7 Å². The lowest BCUT2D eigenvalue weighted by atomic mass is 10.1. The van der Waals surface area contributed by atoms with Crippen molar-refractivity contribution in [3.63, 3.8) is 0 Å². The predicted octanol–water partition coefficient (Wildman–Crippen LogP) is 3.64. The number of aromatic nitrogens is 1. The Morgan fingerprint density at radius 3 is 2.64 bits per heavy atom.